The second-order valence-electron chi connectivity index (χ2n) is 5.60. The summed E-state index contributed by atoms with van der Waals surface area (Å²) in [5.74, 6) is 0.160. The molecule has 1 aromatic carbocycles. The number of non-ortho nitro benzene ring substituents is 1. The van der Waals surface area contributed by atoms with Gasteiger partial charge in [-0.05, 0) is 24.8 Å². The second kappa shape index (κ2) is 8.61. The molecule has 0 amide bonds. The molecule has 1 aliphatic carbocycles. The van der Waals surface area contributed by atoms with Crippen LogP contribution in [0.1, 0.15) is 25.7 Å². The fourth-order valence-corrected chi connectivity index (χ4v) is 4.42. The standard InChI is InChI=1S/C14H21N3O5S.ClH/c1-22-13-8-11(17(18)19)6-7-14(13)23(20,21)16-12(9-15)10-4-2-3-5-10;/h6-8,10,12,16H,2-5,9,15H2,1H3;1H. The molecule has 0 saturated heterocycles. The largest absolute Gasteiger partial charge is 0.495 e. The van der Waals surface area contributed by atoms with Gasteiger partial charge in [-0.1, -0.05) is 12.8 Å². The number of nitrogens with one attached hydrogen (secondary N) is 1. The van der Waals surface area contributed by atoms with E-state index in [1.54, 1.807) is 0 Å². The van der Waals surface area contributed by atoms with Gasteiger partial charge in [-0.3, -0.25) is 10.1 Å². The molecule has 24 heavy (non-hydrogen) atoms. The number of nitro groups is 1. The molecule has 1 saturated carbocycles. The number of halogens is 1. The van der Waals surface area contributed by atoms with Crippen LogP contribution < -0.4 is 15.2 Å². The van der Waals surface area contributed by atoms with Crippen LogP contribution in [0.4, 0.5) is 5.69 Å². The predicted octanol–water partition coefficient (Wildman–Crippen LogP) is 1.82. The van der Waals surface area contributed by atoms with Crippen molar-refractivity contribution in [2.45, 2.75) is 36.6 Å². The molecule has 1 aliphatic rings. The number of hydrogen-bond donors (Lipinski definition) is 2. The van der Waals surface area contributed by atoms with Gasteiger partial charge in [-0.15, -0.1) is 12.4 Å². The molecule has 1 atom stereocenters. The highest BCUT2D eigenvalue weighted by molar-refractivity contribution is 7.89. The van der Waals surface area contributed by atoms with E-state index < -0.39 is 14.9 Å². The summed E-state index contributed by atoms with van der Waals surface area (Å²) in [4.78, 5) is 10.1. The van der Waals surface area contributed by atoms with Crippen LogP contribution in [0.2, 0.25) is 0 Å². The minimum atomic E-state index is -3.87. The van der Waals surface area contributed by atoms with E-state index in [0.29, 0.717) is 0 Å². The topological polar surface area (TPSA) is 125 Å². The first kappa shape index (κ1) is 20.6. The highest BCUT2D eigenvalue weighted by Crippen LogP contribution is 2.31. The second-order valence-corrected chi connectivity index (χ2v) is 7.28. The van der Waals surface area contributed by atoms with Crippen molar-refractivity contribution in [2.75, 3.05) is 13.7 Å². The monoisotopic (exact) mass is 379 g/mol. The van der Waals surface area contributed by atoms with Crippen molar-refractivity contribution in [2.24, 2.45) is 11.7 Å². The van der Waals surface area contributed by atoms with Gasteiger partial charge in [-0.25, -0.2) is 13.1 Å². The smallest absolute Gasteiger partial charge is 0.273 e. The van der Waals surface area contributed by atoms with E-state index in [9.17, 15) is 18.5 Å². The molecule has 10 heteroatoms. The van der Waals surface area contributed by atoms with Crippen LogP contribution in [0.25, 0.3) is 0 Å². The Hall–Kier alpha value is -1.42. The van der Waals surface area contributed by atoms with Gasteiger partial charge in [0.15, 0.2) is 0 Å². The van der Waals surface area contributed by atoms with E-state index in [-0.39, 0.29) is 47.2 Å². The lowest BCUT2D eigenvalue weighted by Gasteiger charge is -2.23. The zero-order chi connectivity index (χ0) is 17.0. The third-order valence-electron chi connectivity index (χ3n) is 4.18. The maximum Gasteiger partial charge on any atom is 0.273 e. The Labute approximate surface area is 147 Å². The highest BCUT2D eigenvalue weighted by atomic mass is 35.5. The first-order valence-electron chi connectivity index (χ1n) is 7.44. The number of nitrogens with zero attached hydrogens (tertiary/aromatic N) is 1. The van der Waals surface area contributed by atoms with Crippen LogP contribution in [-0.2, 0) is 10.0 Å². The lowest BCUT2D eigenvalue weighted by Crippen LogP contribution is -2.44. The molecular formula is C14H22ClN3O5S. The summed E-state index contributed by atoms with van der Waals surface area (Å²) in [5.41, 5.74) is 5.50. The SMILES string of the molecule is COc1cc([N+](=O)[O-])ccc1S(=O)(=O)NC(CN)C1CCCC1.Cl. The Kier molecular flexibility index (Phi) is 7.40. The van der Waals surface area contributed by atoms with Crippen LogP contribution in [0.3, 0.4) is 0 Å². The molecule has 8 nitrogen and oxygen atoms in total. The minimum Gasteiger partial charge on any atom is -0.495 e. The van der Waals surface area contributed by atoms with Crippen molar-refractivity contribution in [3.05, 3.63) is 28.3 Å². The summed E-state index contributed by atoms with van der Waals surface area (Å²) in [6.45, 7) is 0.208. The Morgan fingerprint density at radius 2 is 2.04 bits per heavy atom. The zero-order valence-corrected chi connectivity index (χ0v) is 14.9. The van der Waals surface area contributed by atoms with Crippen LogP contribution in [-0.4, -0.2) is 33.0 Å². The summed E-state index contributed by atoms with van der Waals surface area (Å²) in [6.07, 6.45) is 4.04. The van der Waals surface area contributed by atoms with E-state index in [0.717, 1.165) is 37.8 Å². The average Bonchev–Trinajstić information content (AvgIpc) is 3.06. The number of rotatable bonds is 7. The van der Waals surface area contributed by atoms with Gasteiger partial charge in [-0.2, -0.15) is 0 Å². The molecule has 0 bridgehead atoms. The molecule has 0 spiro atoms. The molecule has 1 aromatic rings. The van der Waals surface area contributed by atoms with E-state index >= 15 is 0 Å². The number of nitrogens with two attached hydrogens (primary N) is 1. The van der Waals surface area contributed by atoms with Crippen LogP contribution in [0.15, 0.2) is 23.1 Å². The number of nitro benzene ring substituents is 1. The molecule has 136 valence electrons. The third kappa shape index (κ3) is 4.56. The summed E-state index contributed by atoms with van der Waals surface area (Å²) in [6, 6.07) is 3.08. The Bertz CT molecular complexity index is 677. The van der Waals surface area contributed by atoms with Gasteiger partial charge in [0.2, 0.25) is 10.0 Å². The van der Waals surface area contributed by atoms with Crippen molar-refractivity contribution in [3.8, 4) is 5.75 Å². The summed E-state index contributed by atoms with van der Waals surface area (Å²) in [7, 11) is -2.60. The number of methoxy groups -OCH3 is 1. The van der Waals surface area contributed by atoms with Gasteiger partial charge in [0.25, 0.3) is 5.69 Å². The Morgan fingerprint density at radius 1 is 1.42 bits per heavy atom. The average molecular weight is 380 g/mol. The van der Waals surface area contributed by atoms with Crippen LogP contribution in [0.5, 0.6) is 5.75 Å². The molecule has 2 rings (SSSR count). The van der Waals surface area contributed by atoms with Gasteiger partial charge < -0.3 is 10.5 Å². The van der Waals surface area contributed by atoms with Crippen LogP contribution >= 0.6 is 12.4 Å². The van der Waals surface area contributed by atoms with Crippen molar-refractivity contribution >= 4 is 28.1 Å². The summed E-state index contributed by atoms with van der Waals surface area (Å²) in [5, 5.41) is 10.8. The first-order valence-corrected chi connectivity index (χ1v) is 8.92. The lowest BCUT2D eigenvalue weighted by molar-refractivity contribution is -0.385. The summed E-state index contributed by atoms with van der Waals surface area (Å²) < 4.78 is 32.8. The van der Waals surface area contributed by atoms with Crippen molar-refractivity contribution in [3.63, 3.8) is 0 Å². The lowest BCUT2D eigenvalue weighted by atomic mass is 9.99. The molecule has 0 radical (unpaired) electrons. The molecule has 1 fully saturated rings. The Morgan fingerprint density at radius 3 is 2.54 bits per heavy atom. The minimum absolute atomic E-state index is 0. The van der Waals surface area contributed by atoms with Crippen LogP contribution in [0, 0.1) is 16.0 Å². The van der Waals surface area contributed by atoms with E-state index in [1.165, 1.54) is 13.2 Å². The zero-order valence-electron chi connectivity index (χ0n) is 13.3. The first-order chi connectivity index (χ1) is 10.9. The number of ether oxygens (including phenoxy) is 1. The molecule has 0 aliphatic heterocycles. The molecule has 0 heterocycles. The predicted molar refractivity (Wildman–Crippen MR) is 92.0 cm³/mol. The van der Waals surface area contributed by atoms with E-state index in [1.807, 2.05) is 0 Å². The van der Waals surface area contributed by atoms with E-state index in [2.05, 4.69) is 4.72 Å². The van der Waals surface area contributed by atoms with Gasteiger partial charge >= 0.3 is 0 Å². The van der Waals surface area contributed by atoms with E-state index in [4.69, 9.17) is 10.5 Å². The number of benzene rings is 1. The van der Waals surface area contributed by atoms with Crippen molar-refractivity contribution in [1.82, 2.24) is 4.72 Å². The summed E-state index contributed by atoms with van der Waals surface area (Å²) >= 11 is 0. The normalized spacial score (nSPS) is 16.4. The van der Waals surface area contributed by atoms with Gasteiger partial charge in [0, 0.05) is 18.7 Å². The molecule has 0 aromatic heterocycles. The van der Waals surface area contributed by atoms with Gasteiger partial charge in [0.05, 0.1) is 18.1 Å². The fraction of sp³-hybridized carbons (Fsp3) is 0.571. The third-order valence-corrected chi connectivity index (χ3v) is 5.71. The maximum atomic E-state index is 12.6. The van der Waals surface area contributed by atoms with Crippen molar-refractivity contribution in [1.29, 1.82) is 0 Å². The molecular weight excluding hydrogens is 358 g/mol. The number of hydrogen-bond acceptors (Lipinski definition) is 6. The molecule has 1 unspecified atom stereocenters. The fourth-order valence-electron chi connectivity index (χ4n) is 2.95. The quantitative estimate of drug-likeness (QED) is 0.550. The molecule has 3 N–H and O–H groups in total. The maximum absolute atomic E-state index is 12.6. The number of sulfonamides is 1. The van der Waals surface area contributed by atoms with Gasteiger partial charge in [0.1, 0.15) is 10.6 Å². The Balaban J connectivity index is 0.00000288. The van der Waals surface area contributed by atoms with Crippen molar-refractivity contribution < 1.29 is 18.1 Å². The highest BCUT2D eigenvalue weighted by Gasteiger charge is 2.30.